The van der Waals surface area contributed by atoms with E-state index in [0.29, 0.717) is 15.6 Å². The Balaban J connectivity index is 2.06. The number of fused-ring (bicyclic) bond motifs is 1. The zero-order valence-corrected chi connectivity index (χ0v) is 15.6. The zero-order valence-electron chi connectivity index (χ0n) is 14.0. The summed E-state index contributed by atoms with van der Waals surface area (Å²) in [6, 6.07) is 19.6. The lowest BCUT2D eigenvalue weighted by Gasteiger charge is -2.09. The Hall–Kier alpha value is -2.69. The highest BCUT2D eigenvalue weighted by atomic mass is 35.5. The van der Waals surface area contributed by atoms with Crippen LogP contribution < -0.4 is 5.73 Å². The number of aromatic nitrogens is 1. The maximum absolute atomic E-state index is 12.0. The Kier molecular flexibility index (Phi) is 4.23. The van der Waals surface area contributed by atoms with E-state index in [1.807, 2.05) is 60.7 Å². The average molecular weight is 379 g/mol. The molecule has 0 amide bonds. The van der Waals surface area contributed by atoms with Gasteiger partial charge in [-0.15, -0.1) is 11.3 Å². The number of benzene rings is 2. The largest absolute Gasteiger partial charge is 0.397 e. The minimum Gasteiger partial charge on any atom is -0.397 e. The van der Waals surface area contributed by atoms with Crippen LogP contribution in [0.25, 0.3) is 32.6 Å². The van der Waals surface area contributed by atoms with Crippen LogP contribution in [-0.4, -0.2) is 10.8 Å². The van der Waals surface area contributed by atoms with Gasteiger partial charge in [-0.3, -0.25) is 4.79 Å². The summed E-state index contributed by atoms with van der Waals surface area (Å²) in [4.78, 5) is 18.1. The SMILES string of the molecule is CC(=O)c1sc2nc(-c3ccccc3)cc(-c3ccc(Cl)cc3)c2c1N. The molecule has 0 bridgehead atoms. The van der Waals surface area contributed by atoms with Gasteiger partial charge in [-0.1, -0.05) is 54.1 Å². The molecule has 2 aromatic carbocycles. The molecule has 0 aliphatic heterocycles. The smallest absolute Gasteiger partial charge is 0.171 e. The van der Waals surface area contributed by atoms with E-state index in [4.69, 9.17) is 22.3 Å². The maximum Gasteiger partial charge on any atom is 0.171 e. The van der Waals surface area contributed by atoms with Crippen molar-refractivity contribution in [3.05, 3.63) is 70.6 Å². The number of nitrogen functional groups attached to an aromatic ring is 1. The molecule has 2 heterocycles. The molecule has 0 spiro atoms. The number of nitrogens with two attached hydrogens (primary N) is 1. The number of Topliss-reactive ketones (excluding diaryl/α,β-unsaturated/α-hetero) is 1. The normalized spacial score (nSPS) is 11.0. The fourth-order valence-corrected chi connectivity index (χ4v) is 4.14. The first-order chi connectivity index (χ1) is 12.5. The van der Waals surface area contributed by atoms with E-state index in [9.17, 15) is 4.79 Å². The monoisotopic (exact) mass is 378 g/mol. The first kappa shape index (κ1) is 16.8. The van der Waals surface area contributed by atoms with Gasteiger partial charge in [0.2, 0.25) is 0 Å². The summed E-state index contributed by atoms with van der Waals surface area (Å²) in [5.74, 6) is -0.0474. The molecule has 26 heavy (non-hydrogen) atoms. The molecule has 0 fully saturated rings. The molecular weight excluding hydrogens is 364 g/mol. The van der Waals surface area contributed by atoms with Gasteiger partial charge in [0.15, 0.2) is 5.78 Å². The number of carbonyl (C=O) groups is 1. The molecule has 0 unspecified atom stereocenters. The fraction of sp³-hybridized carbons (Fsp3) is 0.0476. The van der Waals surface area contributed by atoms with E-state index in [1.165, 1.54) is 18.3 Å². The number of carbonyl (C=O) groups excluding carboxylic acids is 1. The number of anilines is 1. The lowest BCUT2D eigenvalue weighted by molar-refractivity contribution is 0.102. The Morgan fingerprint density at radius 2 is 1.73 bits per heavy atom. The van der Waals surface area contributed by atoms with Gasteiger partial charge in [0.05, 0.1) is 16.3 Å². The topological polar surface area (TPSA) is 56.0 Å². The van der Waals surface area contributed by atoms with E-state index in [2.05, 4.69) is 0 Å². The number of hydrogen-bond donors (Lipinski definition) is 1. The highest BCUT2D eigenvalue weighted by Gasteiger charge is 2.19. The van der Waals surface area contributed by atoms with Crippen molar-refractivity contribution < 1.29 is 4.79 Å². The Morgan fingerprint density at radius 1 is 1.04 bits per heavy atom. The Morgan fingerprint density at radius 3 is 2.38 bits per heavy atom. The molecule has 0 atom stereocenters. The second kappa shape index (κ2) is 6.56. The highest BCUT2D eigenvalue weighted by Crippen LogP contribution is 2.41. The third-order valence-corrected chi connectivity index (χ3v) is 5.70. The predicted octanol–water partition coefficient (Wildman–Crippen LogP) is 6.07. The summed E-state index contributed by atoms with van der Waals surface area (Å²) in [5, 5.41) is 1.49. The third kappa shape index (κ3) is 2.87. The summed E-state index contributed by atoms with van der Waals surface area (Å²) in [6.45, 7) is 1.53. The van der Waals surface area contributed by atoms with Crippen molar-refractivity contribution in [2.75, 3.05) is 5.73 Å². The lowest BCUT2D eigenvalue weighted by Crippen LogP contribution is -1.95. The van der Waals surface area contributed by atoms with Crippen LogP contribution in [0.15, 0.2) is 60.7 Å². The standard InChI is InChI=1S/C21H15ClN2OS/c1-12(25)20-19(23)18-16(13-7-9-15(22)10-8-13)11-17(24-21(18)26-20)14-5-3-2-4-6-14/h2-11H,23H2,1H3. The third-order valence-electron chi connectivity index (χ3n) is 4.24. The van der Waals surface area contributed by atoms with Crippen molar-refractivity contribution >= 4 is 44.6 Å². The number of pyridine rings is 1. The maximum atomic E-state index is 12.0. The van der Waals surface area contributed by atoms with Gasteiger partial charge in [0, 0.05) is 22.9 Å². The van der Waals surface area contributed by atoms with Gasteiger partial charge in [-0.05, 0) is 29.3 Å². The number of hydrogen-bond acceptors (Lipinski definition) is 4. The summed E-state index contributed by atoms with van der Waals surface area (Å²) in [7, 11) is 0. The molecule has 0 saturated heterocycles. The lowest BCUT2D eigenvalue weighted by atomic mass is 9.99. The number of halogens is 1. The van der Waals surface area contributed by atoms with Crippen molar-refractivity contribution in [2.45, 2.75) is 6.92 Å². The molecule has 5 heteroatoms. The quantitative estimate of drug-likeness (QED) is 0.440. The van der Waals surface area contributed by atoms with Gasteiger partial charge in [0.25, 0.3) is 0 Å². The first-order valence-electron chi connectivity index (χ1n) is 8.10. The number of nitrogens with zero attached hydrogens (tertiary/aromatic N) is 1. The van der Waals surface area contributed by atoms with Crippen LogP contribution in [0, 0.1) is 0 Å². The van der Waals surface area contributed by atoms with E-state index in [1.54, 1.807) is 0 Å². The van der Waals surface area contributed by atoms with Crippen molar-refractivity contribution in [1.29, 1.82) is 0 Å². The van der Waals surface area contributed by atoms with Crippen molar-refractivity contribution in [3.63, 3.8) is 0 Å². The molecule has 4 aromatic rings. The summed E-state index contributed by atoms with van der Waals surface area (Å²) in [6.07, 6.45) is 0. The van der Waals surface area contributed by atoms with E-state index < -0.39 is 0 Å². The number of thiophene rings is 1. The molecule has 4 rings (SSSR count). The van der Waals surface area contributed by atoms with E-state index >= 15 is 0 Å². The molecule has 3 nitrogen and oxygen atoms in total. The second-order valence-corrected chi connectivity index (χ2v) is 7.44. The van der Waals surface area contributed by atoms with E-state index in [-0.39, 0.29) is 5.78 Å². The Labute approximate surface area is 160 Å². The van der Waals surface area contributed by atoms with Crippen LogP contribution in [0.2, 0.25) is 5.02 Å². The average Bonchev–Trinajstić information content (AvgIpc) is 2.99. The molecule has 0 aliphatic carbocycles. The molecule has 2 aromatic heterocycles. The summed E-state index contributed by atoms with van der Waals surface area (Å²) >= 11 is 7.38. The van der Waals surface area contributed by atoms with E-state index in [0.717, 1.165) is 32.6 Å². The van der Waals surface area contributed by atoms with Gasteiger partial charge < -0.3 is 5.73 Å². The van der Waals surface area contributed by atoms with Gasteiger partial charge in [-0.25, -0.2) is 4.98 Å². The van der Waals surface area contributed by atoms with Crippen LogP contribution in [0.5, 0.6) is 0 Å². The second-order valence-electron chi connectivity index (χ2n) is 6.01. The van der Waals surface area contributed by atoms with Gasteiger partial charge >= 0.3 is 0 Å². The van der Waals surface area contributed by atoms with Gasteiger partial charge in [0.1, 0.15) is 4.83 Å². The predicted molar refractivity (Wildman–Crippen MR) is 110 cm³/mol. The molecule has 0 radical (unpaired) electrons. The minimum atomic E-state index is -0.0474. The van der Waals surface area contributed by atoms with Crippen molar-refractivity contribution in [2.24, 2.45) is 0 Å². The van der Waals surface area contributed by atoms with Crippen molar-refractivity contribution in [3.8, 4) is 22.4 Å². The molecule has 2 N–H and O–H groups in total. The van der Waals surface area contributed by atoms with Crippen LogP contribution in [0.1, 0.15) is 16.6 Å². The summed E-state index contributed by atoms with van der Waals surface area (Å²) in [5.41, 5.74) is 10.6. The zero-order chi connectivity index (χ0) is 18.3. The molecule has 0 saturated carbocycles. The van der Waals surface area contributed by atoms with Crippen LogP contribution in [0.4, 0.5) is 5.69 Å². The minimum absolute atomic E-state index is 0.0474. The highest BCUT2D eigenvalue weighted by molar-refractivity contribution is 7.21. The van der Waals surface area contributed by atoms with Crippen molar-refractivity contribution in [1.82, 2.24) is 4.98 Å². The summed E-state index contributed by atoms with van der Waals surface area (Å²) < 4.78 is 0. The van der Waals surface area contributed by atoms with Crippen LogP contribution in [-0.2, 0) is 0 Å². The Bertz CT molecular complexity index is 1120. The molecule has 128 valence electrons. The number of rotatable bonds is 3. The van der Waals surface area contributed by atoms with Gasteiger partial charge in [-0.2, -0.15) is 0 Å². The van der Waals surface area contributed by atoms with Crippen LogP contribution >= 0.6 is 22.9 Å². The number of ketones is 1. The van der Waals surface area contributed by atoms with Crippen LogP contribution in [0.3, 0.4) is 0 Å². The molecule has 0 aliphatic rings. The molecular formula is C21H15ClN2OS. The first-order valence-corrected chi connectivity index (χ1v) is 9.29. The fourth-order valence-electron chi connectivity index (χ4n) is 3.00.